The smallest absolute Gasteiger partial charge is 0.367 e. The van der Waals surface area contributed by atoms with Crippen LogP contribution in [-0.4, -0.2) is 31.1 Å². The molecule has 16 heavy (non-hydrogen) atoms. The topological polar surface area (TPSA) is 47.9 Å². The van der Waals surface area contributed by atoms with Crippen LogP contribution in [0.25, 0.3) is 0 Å². The summed E-state index contributed by atoms with van der Waals surface area (Å²) in [6.07, 6.45) is -0.138. The Balaban J connectivity index is 4.75. The van der Waals surface area contributed by atoms with E-state index in [4.69, 9.17) is 13.3 Å². The fraction of sp³-hybridized carbons (Fsp3) is 1.00. The van der Waals surface area contributed by atoms with Crippen molar-refractivity contribution in [1.29, 1.82) is 0 Å². The Morgan fingerprint density at radius 3 is 1.38 bits per heavy atom. The van der Waals surface area contributed by atoms with Gasteiger partial charge in [0, 0.05) is 6.10 Å². The van der Waals surface area contributed by atoms with Crippen molar-refractivity contribution in [2.45, 2.75) is 72.7 Å². The first-order valence-electron chi connectivity index (χ1n) is 5.63. The van der Waals surface area contributed by atoms with E-state index in [2.05, 4.69) is 0 Å². The molecule has 0 bridgehead atoms. The molecule has 98 valence electrons. The zero-order valence-corrected chi connectivity index (χ0v) is 12.7. The van der Waals surface area contributed by atoms with Crippen LogP contribution in [0.4, 0.5) is 0 Å². The highest BCUT2D eigenvalue weighted by molar-refractivity contribution is 6.52. The molecule has 0 spiro atoms. The van der Waals surface area contributed by atoms with Crippen LogP contribution >= 0.6 is 0 Å². The normalized spacial score (nSPS) is 14.6. The molecule has 0 aromatic heterocycles. The molecular weight excluding hydrogens is 224 g/mol. The summed E-state index contributed by atoms with van der Waals surface area (Å²) in [6.45, 7) is 14.9. The first kappa shape index (κ1) is 16.1. The third kappa shape index (κ3) is 8.24. The second kappa shape index (κ2) is 5.14. The fourth-order valence-corrected chi connectivity index (χ4v) is 3.42. The third-order valence-corrected chi connectivity index (χ3v) is 3.76. The molecular formula is C11H26O4Si. The SMILES string of the molecule is CC(C)O[Si](O)(OC(C)(C)C)OC(C)(C)C. The van der Waals surface area contributed by atoms with Gasteiger partial charge in [0.15, 0.2) is 0 Å². The summed E-state index contributed by atoms with van der Waals surface area (Å²) in [6, 6.07) is 0. The lowest BCUT2D eigenvalue weighted by molar-refractivity contribution is -0.101. The van der Waals surface area contributed by atoms with Gasteiger partial charge < -0.3 is 18.1 Å². The van der Waals surface area contributed by atoms with Gasteiger partial charge in [0.1, 0.15) is 0 Å². The van der Waals surface area contributed by atoms with Crippen molar-refractivity contribution >= 4 is 9.05 Å². The van der Waals surface area contributed by atoms with Crippen LogP contribution in [0.5, 0.6) is 0 Å². The van der Waals surface area contributed by atoms with Gasteiger partial charge in [-0.15, -0.1) is 0 Å². The minimum atomic E-state index is -3.58. The van der Waals surface area contributed by atoms with Crippen LogP contribution in [0.2, 0.25) is 0 Å². The van der Waals surface area contributed by atoms with E-state index in [1.807, 2.05) is 55.4 Å². The van der Waals surface area contributed by atoms with Gasteiger partial charge in [0.2, 0.25) is 0 Å². The predicted octanol–water partition coefficient (Wildman–Crippen LogP) is 2.47. The first-order chi connectivity index (χ1) is 6.83. The lowest BCUT2D eigenvalue weighted by Crippen LogP contribution is -2.55. The van der Waals surface area contributed by atoms with E-state index < -0.39 is 20.3 Å². The second-order valence-corrected chi connectivity index (χ2v) is 7.81. The molecule has 0 aliphatic carbocycles. The zero-order chi connectivity index (χ0) is 13.2. The summed E-state index contributed by atoms with van der Waals surface area (Å²) in [7, 11) is -3.58. The number of hydrogen-bond donors (Lipinski definition) is 1. The molecule has 0 aromatic carbocycles. The average molecular weight is 250 g/mol. The third-order valence-electron chi connectivity index (χ3n) is 1.25. The lowest BCUT2D eigenvalue weighted by Gasteiger charge is -2.35. The van der Waals surface area contributed by atoms with Crippen LogP contribution in [0.3, 0.4) is 0 Å². The van der Waals surface area contributed by atoms with E-state index in [0.717, 1.165) is 0 Å². The Hall–Kier alpha value is 0.0569. The Kier molecular flexibility index (Phi) is 5.16. The van der Waals surface area contributed by atoms with Crippen LogP contribution in [0, 0.1) is 0 Å². The van der Waals surface area contributed by atoms with E-state index >= 15 is 0 Å². The molecule has 0 saturated heterocycles. The average Bonchev–Trinajstić information content (AvgIpc) is 1.69. The molecule has 0 atom stereocenters. The van der Waals surface area contributed by atoms with Crippen molar-refractivity contribution in [3.63, 3.8) is 0 Å². The van der Waals surface area contributed by atoms with Gasteiger partial charge >= 0.3 is 9.05 Å². The van der Waals surface area contributed by atoms with E-state index in [9.17, 15) is 4.80 Å². The van der Waals surface area contributed by atoms with Crippen LogP contribution in [-0.2, 0) is 13.3 Å². The predicted molar refractivity (Wildman–Crippen MR) is 65.9 cm³/mol. The highest BCUT2D eigenvalue weighted by atomic mass is 28.4. The maximum absolute atomic E-state index is 10.3. The van der Waals surface area contributed by atoms with Crippen molar-refractivity contribution in [3.05, 3.63) is 0 Å². The van der Waals surface area contributed by atoms with Crippen molar-refractivity contribution in [2.24, 2.45) is 0 Å². The Bertz CT molecular complexity index is 199. The van der Waals surface area contributed by atoms with Gasteiger partial charge in [-0.25, -0.2) is 0 Å². The molecule has 1 N–H and O–H groups in total. The molecule has 0 amide bonds. The molecule has 0 aliphatic heterocycles. The first-order valence-corrected chi connectivity index (χ1v) is 7.31. The van der Waals surface area contributed by atoms with Gasteiger partial charge in [-0.3, -0.25) is 0 Å². The molecule has 0 unspecified atom stereocenters. The molecule has 0 fully saturated rings. The maximum atomic E-state index is 10.3. The summed E-state index contributed by atoms with van der Waals surface area (Å²) in [5.74, 6) is 0. The van der Waals surface area contributed by atoms with E-state index in [1.165, 1.54) is 0 Å². The van der Waals surface area contributed by atoms with Gasteiger partial charge in [-0.05, 0) is 55.4 Å². The summed E-state index contributed by atoms with van der Waals surface area (Å²) in [5, 5.41) is 0. The van der Waals surface area contributed by atoms with Crippen LogP contribution < -0.4 is 0 Å². The van der Waals surface area contributed by atoms with Crippen molar-refractivity contribution in [3.8, 4) is 0 Å². The van der Waals surface area contributed by atoms with Crippen molar-refractivity contribution < 1.29 is 18.1 Å². The van der Waals surface area contributed by atoms with Crippen molar-refractivity contribution in [1.82, 2.24) is 0 Å². The fourth-order valence-electron chi connectivity index (χ4n) is 1.14. The molecule has 0 heterocycles. The lowest BCUT2D eigenvalue weighted by atomic mass is 10.2. The van der Waals surface area contributed by atoms with Gasteiger partial charge in [-0.1, -0.05) is 0 Å². The molecule has 0 aromatic rings. The Morgan fingerprint density at radius 1 is 0.875 bits per heavy atom. The van der Waals surface area contributed by atoms with E-state index in [-0.39, 0.29) is 6.10 Å². The highest BCUT2D eigenvalue weighted by Crippen LogP contribution is 2.23. The van der Waals surface area contributed by atoms with Gasteiger partial charge in [0.05, 0.1) is 11.2 Å². The molecule has 5 heteroatoms. The van der Waals surface area contributed by atoms with Crippen LogP contribution in [0.1, 0.15) is 55.4 Å². The van der Waals surface area contributed by atoms with Crippen LogP contribution in [0.15, 0.2) is 0 Å². The number of hydrogen-bond acceptors (Lipinski definition) is 4. The maximum Gasteiger partial charge on any atom is 0.678 e. The largest absolute Gasteiger partial charge is 0.678 e. The summed E-state index contributed by atoms with van der Waals surface area (Å²) >= 11 is 0. The van der Waals surface area contributed by atoms with E-state index in [1.54, 1.807) is 0 Å². The molecule has 0 saturated carbocycles. The summed E-state index contributed by atoms with van der Waals surface area (Å²) < 4.78 is 16.6. The molecule has 0 radical (unpaired) electrons. The summed E-state index contributed by atoms with van der Waals surface area (Å²) in [4.78, 5) is 10.3. The van der Waals surface area contributed by atoms with E-state index in [0.29, 0.717) is 0 Å². The van der Waals surface area contributed by atoms with Crippen molar-refractivity contribution in [2.75, 3.05) is 0 Å². The quantitative estimate of drug-likeness (QED) is 0.779. The Morgan fingerprint density at radius 2 is 1.19 bits per heavy atom. The summed E-state index contributed by atoms with van der Waals surface area (Å²) in [5.41, 5.74) is -0.998. The molecule has 0 rings (SSSR count). The minimum absolute atomic E-state index is 0.138. The zero-order valence-electron chi connectivity index (χ0n) is 11.7. The highest BCUT2D eigenvalue weighted by Gasteiger charge is 2.48. The monoisotopic (exact) mass is 250 g/mol. The second-order valence-electron chi connectivity index (χ2n) is 6.12. The minimum Gasteiger partial charge on any atom is -0.367 e. The van der Waals surface area contributed by atoms with Gasteiger partial charge in [0.25, 0.3) is 0 Å². The van der Waals surface area contributed by atoms with Gasteiger partial charge in [-0.2, -0.15) is 0 Å². The Labute approximate surface area is 100 Å². The molecule has 0 aliphatic rings. The molecule has 4 nitrogen and oxygen atoms in total. The standard InChI is InChI=1S/C11H26O4Si/c1-9(2)13-16(12,14-10(3,4)5)15-11(6,7)8/h9,12H,1-8H3. The number of rotatable bonds is 4.